The average molecular weight is 997 g/mol. The highest BCUT2D eigenvalue weighted by Crippen LogP contribution is 2.48. The predicted molar refractivity (Wildman–Crippen MR) is 291 cm³/mol. The van der Waals surface area contributed by atoms with Gasteiger partial charge in [-0.1, -0.05) is 180 Å². The quantitative estimate of drug-likeness (QED) is 0.185. The van der Waals surface area contributed by atoms with Crippen molar-refractivity contribution in [3.05, 3.63) is 166 Å². The third kappa shape index (κ3) is 8.63. The van der Waals surface area contributed by atoms with E-state index in [0.29, 0.717) is 0 Å². The normalized spacial score (nSPS) is 13.5. The van der Waals surface area contributed by atoms with Crippen LogP contribution in [0.5, 0.6) is 0 Å². The van der Waals surface area contributed by atoms with Crippen molar-refractivity contribution in [1.82, 2.24) is 19.9 Å². The fourth-order valence-corrected chi connectivity index (χ4v) is 9.98. The number of H-pyrrole nitrogens is 2. The molecule has 4 aromatic carbocycles. The molecular formula is C60H60Br2N4. The number of hydrogen-bond acceptors (Lipinski definition) is 2. The summed E-state index contributed by atoms with van der Waals surface area (Å²) >= 11 is 8.22. The zero-order chi connectivity index (χ0) is 47.1. The van der Waals surface area contributed by atoms with Gasteiger partial charge in [-0.25, -0.2) is 9.97 Å². The summed E-state index contributed by atoms with van der Waals surface area (Å²) in [5.41, 5.74) is 20.8. The van der Waals surface area contributed by atoms with Gasteiger partial charge >= 0.3 is 0 Å². The van der Waals surface area contributed by atoms with Crippen molar-refractivity contribution in [3.8, 4) is 44.5 Å². The first-order chi connectivity index (χ1) is 31.1. The van der Waals surface area contributed by atoms with Crippen LogP contribution >= 0.6 is 31.9 Å². The Morgan fingerprint density at radius 3 is 0.818 bits per heavy atom. The minimum absolute atomic E-state index is 0.00484. The van der Waals surface area contributed by atoms with Crippen molar-refractivity contribution in [2.75, 3.05) is 0 Å². The van der Waals surface area contributed by atoms with Crippen LogP contribution in [0.2, 0.25) is 0 Å². The Labute approximate surface area is 408 Å². The van der Waals surface area contributed by atoms with E-state index in [1.54, 1.807) is 0 Å². The zero-order valence-corrected chi connectivity index (χ0v) is 43.5. The maximum atomic E-state index is 5.66. The molecule has 7 aromatic rings. The van der Waals surface area contributed by atoms with Crippen LogP contribution in [0.3, 0.4) is 0 Å². The van der Waals surface area contributed by atoms with Crippen LogP contribution in [0.1, 0.15) is 128 Å². The number of fused-ring (bicyclic) bond motifs is 8. The highest BCUT2D eigenvalue weighted by atomic mass is 79.9. The third-order valence-electron chi connectivity index (χ3n) is 13.1. The van der Waals surface area contributed by atoms with Crippen LogP contribution in [0.25, 0.3) is 87.7 Å². The molecule has 6 heteroatoms. The fourth-order valence-electron chi connectivity index (χ4n) is 9.03. The number of rotatable bonds is 4. The summed E-state index contributed by atoms with van der Waals surface area (Å²) in [7, 11) is 0. The van der Waals surface area contributed by atoms with E-state index in [-0.39, 0.29) is 21.7 Å². The van der Waals surface area contributed by atoms with E-state index < -0.39 is 0 Å². The topological polar surface area (TPSA) is 57.4 Å². The molecule has 9 rings (SSSR count). The van der Waals surface area contributed by atoms with Gasteiger partial charge in [0.05, 0.1) is 31.7 Å². The van der Waals surface area contributed by atoms with Gasteiger partial charge in [-0.3, -0.25) is 0 Å². The van der Waals surface area contributed by atoms with Crippen molar-refractivity contribution >= 4 is 75.0 Å². The summed E-state index contributed by atoms with van der Waals surface area (Å²) in [4.78, 5) is 19.1. The molecular weight excluding hydrogens is 936 g/mol. The summed E-state index contributed by atoms with van der Waals surface area (Å²) in [5, 5.41) is 0. The number of nitrogens with one attached hydrogen (secondary N) is 2. The number of hydrogen-bond donors (Lipinski definition) is 2. The second kappa shape index (κ2) is 16.6. The fraction of sp³-hybridized carbons (Fsp3) is 0.267. The third-order valence-corrected chi connectivity index (χ3v) is 15.1. The molecule has 0 unspecified atom stereocenters. The lowest BCUT2D eigenvalue weighted by molar-refractivity contribution is 0.590. The van der Waals surface area contributed by atoms with Crippen molar-refractivity contribution in [2.45, 2.75) is 105 Å². The molecule has 0 aliphatic carbocycles. The molecule has 0 saturated heterocycles. The van der Waals surface area contributed by atoms with Gasteiger partial charge in [0, 0.05) is 44.3 Å². The van der Waals surface area contributed by atoms with Crippen LogP contribution in [0.15, 0.2) is 121 Å². The minimum atomic E-state index is 0.00484. The molecule has 8 bridgehead atoms. The molecule has 4 nitrogen and oxygen atoms in total. The first-order valence-corrected chi connectivity index (χ1v) is 24.6. The Morgan fingerprint density at radius 1 is 0.318 bits per heavy atom. The number of benzene rings is 4. The Bertz CT molecular complexity index is 3020. The molecule has 2 aliphatic rings. The number of nitrogens with zero attached hydrogens (tertiary/aromatic N) is 2. The predicted octanol–water partition coefficient (Wildman–Crippen LogP) is 18.0. The SMILES string of the molecule is CC(C)(C)c1ccc(-c2c3nc(c(-c4ccc(C(C)(C)C)cc4)c4ccc([nH]4)c(-c4ccc(C(C)(C)C)cc4)c4nc(c(-c5ccc(C(C)(C)C)cc5)c5ccc2[nH]5)C(Br)=C4Br)C=C3)cc1. The van der Waals surface area contributed by atoms with Gasteiger partial charge in [0.1, 0.15) is 0 Å². The van der Waals surface area contributed by atoms with E-state index in [1.165, 1.54) is 22.3 Å². The van der Waals surface area contributed by atoms with E-state index in [2.05, 4.69) is 258 Å². The van der Waals surface area contributed by atoms with E-state index >= 15 is 0 Å². The molecule has 2 aliphatic heterocycles. The van der Waals surface area contributed by atoms with Crippen molar-refractivity contribution in [1.29, 1.82) is 0 Å². The molecule has 0 amide bonds. The molecule has 3 aromatic heterocycles. The molecule has 0 saturated carbocycles. The van der Waals surface area contributed by atoms with Crippen LogP contribution in [0, 0.1) is 0 Å². The molecule has 0 atom stereocenters. The van der Waals surface area contributed by atoms with Crippen molar-refractivity contribution in [3.63, 3.8) is 0 Å². The summed E-state index contributed by atoms with van der Waals surface area (Å²) < 4.78 is 1.78. The van der Waals surface area contributed by atoms with E-state index in [1.807, 2.05) is 0 Å². The maximum absolute atomic E-state index is 5.66. The Hall–Kier alpha value is -5.56. The molecule has 0 fully saturated rings. The van der Waals surface area contributed by atoms with Gasteiger partial charge in [0.15, 0.2) is 0 Å². The van der Waals surface area contributed by atoms with Gasteiger partial charge in [0.25, 0.3) is 0 Å². The standard InChI is InChI=1S/C60H60Br2N4/c1-57(2,3)39-21-13-35(14-22-39)49-43-29-30-44(63-43)50(36-15-23-40(24-16-36)58(4,5)6)46-32-34-48(65-46)52(38-19-27-42(28-20-38)60(10,11)12)56-54(62)53(61)55(66-56)51(47-33-31-45(49)64-47)37-17-25-41(26-18-37)59(7,8)9/h13-34,64-65H,1-12H3. The lowest BCUT2D eigenvalue weighted by Gasteiger charge is -2.19. The highest BCUT2D eigenvalue weighted by Gasteiger charge is 2.27. The van der Waals surface area contributed by atoms with Crippen molar-refractivity contribution < 1.29 is 0 Å². The van der Waals surface area contributed by atoms with Gasteiger partial charge < -0.3 is 9.97 Å². The van der Waals surface area contributed by atoms with Gasteiger partial charge in [-0.05, 0) is 134 Å². The Balaban J connectivity index is 1.45. The summed E-state index contributed by atoms with van der Waals surface area (Å²) in [6.45, 7) is 27.1. The van der Waals surface area contributed by atoms with Crippen LogP contribution in [0.4, 0.5) is 0 Å². The molecule has 2 N–H and O–H groups in total. The second-order valence-corrected chi connectivity index (χ2v) is 23.6. The number of aromatic nitrogens is 4. The van der Waals surface area contributed by atoms with Gasteiger partial charge in [-0.15, -0.1) is 0 Å². The minimum Gasteiger partial charge on any atom is -0.354 e. The largest absolute Gasteiger partial charge is 0.354 e. The van der Waals surface area contributed by atoms with E-state index in [9.17, 15) is 0 Å². The van der Waals surface area contributed by atoms with Crippen LogP contribution in [-0.4, -0.2) is 19.9 Å². The Morgan fingerprint density at radius 2 is 0.561 bits per heavy atom. The van der Waals surface area contributed by atoms with Gasteiger partial charge in [0.2, 0.25) is 0 Å². The van der Waals surface area contributed by atoms with Gasteiger partial charge in [-0.2, -0.15) is 0 Å². The summed E-state index contributed by atoms with van der Waals surface area (Å²) in [6, 6.07) is 44.8. The lowest BCUT2D eigenvalue weighted by atomic mass is 9.86. The molecule has 0 radical (unpaired) electrons. The number of halogens is 2. The average Bonchev–Trinajstić information content (AvgIpc) is 4.09. The summed E-state index contributed by atoms with van der Waals surface area (Å²) in [5.74, 6) is 0. The summed E-state index contributed by atoms with van der Waals surface area (Å²) in [6.07, 6.45) is 4.35. The second-order valence-electron chi connectivity index (χ2n) is 22.0. The monoisotopic (exact) mass is 994 g/mol. The Kier molecular flexibility index (Phi) is 11.5. The molecule has 334 valence electrons. The number of aromatic amines is 2. The van der Waals surface area contributed by atoms with Crippen LogP contribution < -0.4 is 0 Å². The van der Waals surface area contributed by atoms with E-state index in [0.717, 1.165) is 98.3 Å². The molecule has 66 heavy (non-hydrogen) atoms. The smallest absolute Gasteiger partial charge is 0.0891 e. The first-order valence-electron chi connectivity index (χ1n) is 23.0. The van der Waals surface area contributed by atoms with E-state index in [4.69, 9.17) is 9.97 Å². The highest BCUT2D eigenvalue weighted by molar-refractivity contribution is 9.18. The lowest BCUT2D eigenvalue weighted by Crippen LogP contribution is -2.10. The zero-order valence-electron chi connectivity index (χ0n) is 40.4. The first kappa shape index (κ1) is 45.6. The van der Waals surface area contributed by atoms with Crippen LogP contribution in [-0.2, 0) is 21.7 Å². The molecule has 0 spiro atoms. The maximum Gasteiger partial charge on any atom is 0.0891 e. The molecule has 5 heterocycles. The van der Waals surface area contributed by atoms with Crippen molar-refractivity contribution in [2.24, 2.45) is 0 Å².